The van der Waals surface area contributed by atoms with Crippen LogP contribution in [0, 0.1) is 5.82 Å². The molecule has 0 unspecified atom stereocenters. The van der Waals surface area contributed by atoms with Crippen LogP contribution in [-0.2, 0) is 0 Å². The Hall–Kier alpha value is -2.80. The quantitative estimate of drug-likeness (QED) is 0.566. The van der Waals surface area contributed by atoms with Crippen LogP contribution in [0.15, 0.2) is 41.2 Å². The maximum absolute atomic E-state index is 13.0. The first-order valence-corrected chi connectivity index (χ1v) is 7.28. The SMILES string of the molecule is Nc1nc2ccc3nc(-c4ccc(F)cc4)[nH]c(=O)c3c2s1. The molecule has 4 aromatic rings. The van der Waals surface area contributed by atoms with Crippen molar-refractivity contribution in [3.63, 3.8) is 0 Å². The largest absolute Gasteiger partial charge is 0.375 e. The normalized spacial score (nSPS) is 11.3. The molecule has 0 fully saturated rings. The second kappa shape index (κ2) is 4.60. The molecule has 2 aromatic carbocycles. The molecule has 0 aliphatic carbocycles. The van der Waals surface area contributed by atoms with Crippen LogP contribution >= 0.6 is 11.3 Å². The Morgan fingerprint density at radius 1 is 1.05 bits per heavy atom. The second-order valence-corrected chi connectivity index (χ2v) is 5.81. The van der Waals surface area contributed by atoms with E-state index < -0.39 is 0 Å². The van der Waals surface area contributed by atoms with Crippen molar-refractivity contribution in [2.24, 2.45) is 0 Å². The number of fused-ring (bicyclic) bond motifs is 3. The van der Waals surface area contributed by atoms with E-state index in [0.29, 0.717) is 32.9 Å². The van der Waals surface area contributed by atoms with Gasteiger partial charge in [0, 0.05) is 5.56 Å². The van der Waals surface area contributed by atoms with Crippen LogP contribution in [0.2, 0.25) is 0 Å². The molecule has 0 radical (unpaired) electrons. The zero-order chi connectivity index (χ0) is 15.3. The molecule has 0 bridgehead atoms. The highest BCUT2D eigenvalue weighted by molar-refractivity contribution is 7.22. The zero-order valence-electron chi connectivity index (χ0n) is 11.1. The Balaban J connectivity index is 2.03. The number of aromatic nitrogens is 3. The third-order valence-electron chi connectivity index (χ3n) is 3.36. The number of benzene rings is 2. The molecule has 0 atom stereocenters. The van der Waals surface area contributed by atoms with E-state index >= 15 is 0 Å². The summed E-state index contributed by atoms with van der Waals surface area (Å²) in [4.78, 5) is 23.8. The summed E-state index contributed by atoms with van der Waals surface area (Å²) in [7, 11) is 0. The number of nitrogens with zero attached hydrogens (tertiary/aromatic N) is 2. The molecule has 5 nitrogen and oxygen atoms in total. The highest BCUT2D eigenvalue weighted by Crippen LogP contribution is 2.29. The van der Waals surface area contributed by atoms with E-state index in [-0.39, 0.29) is 11.4 Å². The highest BCUT2D eigenvalue weighted by Gasteiger charge is 2.12. The summed E-state index contributed by atoms with van der Waals surface area (Å²) in [6, 6.07) is 9.31. The van der Waals surface area contributed by atoms with Gasteiger partial charge in [-0.05, 0) is 36.4 Å². The molecule has 0 spiro atoms. The van der Waals surface area contributed by atoms with Crippen molar-refractivity contribution >= 4 is 37.6 Å². The van der Waals surface area contributed by atoms with Crippen molar-refractivity contribution in [1.82, 2.24) is 15.0 Å². The lowest BCUT2D eigenvalue weighted by Gasteiger charge is -2.03. The Morgan fingerprint density at radius 2 is 1.77 bits per heavy atom. The van der Waals surface area contributed by atoms with E-state index in [4.69, 9.17) is 5.73 Å². The van der Waals surface area contributed by atoms with Gasteiger partial charge in [-0.3, -0.25) is 4.79 Å². The molecule has 7 heteroatoms. The smallest absolute Gasteiger partial charge is 0.260 e. The molecule has 0 saturated carbocycles. The molecule has 22 heavy (non-hydrogen) atoms. The summed E-state index contributed by atoms with van der Waals surface area (Å²) in [5, 5.41) is 0.877. The van der Waals surface area contributed by atoms with Gasteiger partial charge in [0.1, 0.15) is 11.6 Å². The molecular formula is C15H9FN4OS. The first kappa shape index (κ1) is 12.9. The number of aromatic amines is 1. The Morgan fingerprint density at radius 3 is 2.55 bits per heavy atom. The van der Waals surface area contributed by atoms with Crippen molar-refractivity contribution in [2.75, 3.05) is 5.73 Å². The fraction of sp³-hybridized carbons (Fsp3) is 0. The summed E-state index contributed by atoms with van der Waals surface area (Å²) in [5.74, 6) is 0.0584. The number of nitrogens with two attached hydrogens (primary N) is 1. The predicted molar refractivity (Wildman–Crippen MR) is 85.3 cm³/mol. The summed E-state index contributed by atoms with van der Waals surface area (Å²) in [5.41, 5.74) is 7.32. The van der Waals surface area contributed by atoms with E-state index in [9.17, 15) is 9.18 Å². The molecule has 0 saturated heterocycles. The van der Waals surface area contributed by atoms with Crippen LogP contribution in [-0.4, -0.2) is 15.0 Å². The maximum Gasteiger partial charge on any atom is 0.260 e. The third kappa shape index (κ3) is 1.94. The van der Waals surface area contributed by atoms with E-state index in [1.807, 2.05) is 0 Å². The van der Waals surface area contributed by atoms with Crippen LogP contribution in [0.4, 0.5) is 9.52 Å². The fourth-order valence-corrected chi connectivity index (χ4v) is 3.24. The zero-order valence-corrected chi connectivity index (χ0v) is 11.9. The lowest BCUT2D eigenvalue weighted by atomic mass is 10.2. The van der Waals surface area contributed by atoms with Crippen molar-refractivity contribution < 1.29 is 4.39 Å². The second-order valence-electron chi connectivity index (χ2n) is 4.78. The molecule has 3 N–H and O–H groups in total. The summed E-state index contributed by atoms with van der Waals surface area (Å²) < 4.78 is 13.7. The number of nitrogen functional groups attached to an aromatic ring is 1. The lowest BCUT2D eigenvalue weighted by molar-refractivity contribution is 0.628. The summed E-state index contributed by atoms with van der Waals surface area (Å²) >= 11 is 1.26. The van der Waals surface area contributed by atoms with Crippen LogP contribution < -0.4 is 11.3 Å². The Bertz CT molecular complexity index is 1070. The number of rotatable bonds is 1. The van der Waals surface area contributed by atoms with Crippen molar-refractivity contribution in [1.29, 1.82) is 0 Å². The third-order valence-corrected chi connectivity index (χ3v) is 4.28. The average molecular weight is 312 g/mol. The van der Waals surface area contributed by atoms with Gasteiger partial charge >= 0.3 is 0 Å². The average Bonchev–Trinajstić information content (AvgIpc) is 2.87. The topological polar surface area (TPSA) is 84.7 Å². The first-order valence-electron chi connectivity index (χ1n) is 6.47. The summed E-state index contributed by atoms with van der Waals surface area (Å²) in [6.45, 7) is 0. The predicted octanol–water partition coefficient (Wildman–Crippen LogP) is 2.92. The summed E-state index contributed by atoms with van der Waals surface area (Å²) in [6.07, 6.45) is 0. The molecule has 2 aromatic heterocycles. The van der Waals surface area contributed by atoms with Gasteiger partial charge in [0.2, 0.25) is 0 Å². The number of hydrogen-bond acceptors (Lipinski definition) is 5. The van der Waals surface area contributed by atoms with Crippen LogP contribution in [0.5, 0.6) is 0 Å². The van der Waals surface area contributed by atoms with Crippen LogP contribution in [0.3, 0.4) is 0 Å². The first-order chi connectivity index (χ1) is 10.6. The maximum atomic E-state index is 13.0. The van der Waals surface area contributed by atoms with Gasteiger partial charge in [0.25, 0.3) is 5.56 Å². The van der Waals surface area contributed by atoms with Gasteiger partial charge in [0.05, 0.1) is 21.1 Å². The molecule has 0 aliphatic rings. The fourth-order valence-electron chi connectivity index (χ4n) is 2.37. The molecule has 2 heterocycles. The van der Waals surface area contributed by atoms with Gasteiger partial charge < -0.3 is 10.7 Å². The van der Waals surface area contributed by atoms with E-state index in [1.165, 1.54) is 23.5 Å². The minimum absolute atomic E-state index is 0.265. The van der Waals surface area contributed by atoms with Gasteiger partial charge in [-0.25, -0.2) is 14.4 Å². The number of halogens is 1. The Kier molecular flexibility index (Phi) is 2.70. The Labute approximate surface area is 127 Å². The van der Waals surface area contributed by atoms with E-state index in [2.05, 4.69) is 15.0 Å². The minimum Gasteiger partial charge on any atom is -0.375 e. The highest BCUT2D eigenvalue weighted by atomic mass is 32.1. The lowest BCUT2D eigenvalue weighted by Crippen LogP contribution is -2.09. The van der Waals surface area contributed by atoms with Gasteiger partial charge in [0.15, 0.2) is 5.13 Å². The van der Waals surface area contributed by atoms with Gasteiger partial charge in [-0.15, -0.1) is 0 Å². The molecule has 0 amide bonds. The number of nitrogens with one attached hydrogen (secondary N) is 1. The molecule has 4 rings (SSSR count). The van der Waals surface area contributed by atoms with Crippen LogP contribution in [0.25, 0.3) is 32.5 Å². The standard InChI is InChI=1S/C15H9FN4OS/c16-8-3-1-7(2-4-8)13-18-9-5-6-10-12(22-15(17)19-10)11(9)14(21)20-13/h1-6H,(H2,17,19)(H,18,20,21). The monoisotopic (exact) mass is 312 g/mol. The number of thiazole rings is 1. The van der Waals surface area contributed by atoms with E-state index in [0.717, 1.165) is 4.70 Å². The van der Waals surface area contributed by atoms with Crippen molar-refractivity contribution in [3.8, 4) is 11.4 Å². The van der Waals surface area contributed by atoms with Crippen molar-refractivity contribution in [2.45, 2.75) is 0 Å². The number of H-pyrrole nitrogens is 1. The minimum atomic E-state index is -0.339. The number of hydrogen-bond donors (Lipinski definition) is 2. The molecular weight excluding hydrogens is 303 g/mol. The molecule has 108 valence electrons. The van der Waals surface area contributed by atoms with Gasteiger partial charge in [-0.2, -0.15) is 0 Å². The van der Waals surface area contributed by atoms with Crippen molar-refractivity contribution in [3.05, 3.63) is 52.6 Å². The van der Waals surface area contributed by atoms with Crippen LogP contribution in [0.1, 0.15) is 0 Å². The van der Waals surface area contributed by atoms with Gasteiger partial charge in [-0.1, -0.05) is 11.3 Å². The van der Waals surface area contributed by atoms with E-state index in [1.54, 1.807) is 24.3 Å². The number of anilines is 1. The molecule has 0 aliphatic heterocycles.